The lowest BCUT2D eigenvalue weighted by molar-refractivity contribution is 0.0988. The molecule has 0 aliphatic rings. The molecule has 2 rings (SSSR count). The summed E-state index contributed by atoms with van der Waals surface area (Å²) < 4.78 is 5.78. The summed E-state index contributed by atoms with van der Waals surface area (Å²) in [4.78, 5) is 11.7. The molecule has 20 heavy (non-hydrogen) atoms. The fourth-order valence-corrected chi connectivity index (χ4v) is 1.84. The highest BCUT2D eigenvalue weighted by Gasteiger charge is 2.07. The predicted molar refractivity (Wildman–Crippen MR) is 77.0 cm³/mol. The van der Waals surface area contributed by atoms with Crippen molar-refractivity contribution in [2.75, 3.05) is 0 Å². The van der Waals surface area contributed by atoms with Gasteiger partial charge in [0, 0.05) is 12.0 Å². The normalized spacial score (nSPS) is 9.85. The third-order valence-corrected chi connectivity index (χ3v) is 3.02. The maximum atomic E-state index is 11.7. The number of hydrogen-bond donors (Lipinski definition) is 0. The average Bonchev–Trinajstić information content (AvgIpc) is 2.49. The van der Waals surface area contributed by atoms with Gasteiger partial charge in [-0.05, 0) is 36.8 Å². The summed E-state index contributed by atoms with van der Waals surface area (Å²) in [5.41, 5.74) is 2.13. The first kappa shape index (κ1) is 13.8. The van der Waals surface area contributed by atoms with E-state index in [1.54, 1.807) is 36.4 Å². The van der Waals surface area contributed by atoms with E-state index in [1.165, 1.54) is 0 Å². The van der Waals surface area contributed by atoms with Crippen LogP contribution in [0.15, 0.2) is 42.5 Å². The minimum absolute atomic E-state index is 0.0814. The number of nitrogens with zero attached hydrogens (tertiary/aromatic N) is 1. The summed E-state index contributed by atoms with van der Waals surface area (Å²) >= 11 is 0. The van der Waals surface area contributed by atoms with Crippen molar-refractivity contribution in [1.29, 1.82) is 5.26 Å². The van der Waals surface area contributed by atoms with Gasteiger partial charge < -0.3 is 4.74 Å². The van der Waals surface area contributed by atoms with Crippen LogP contribution in [0.3, 0.4) is 0 Å². The molecule has 0 unspecified atom stereocenters. The van der Waals surface area contributed by atoms with Gasteiger partial charge >= 0.3 is 0 Å². The average molecular weight is 265 g/mol. The van der Waals surface area contributed by atoms with E-state index >= 15 is 0 Å². The zero-order chi connectivity index (χ0) is 14.5. The Labute approximate surface area is 118 Å². The molecule has 0 aliphatic heterocycles. The Balaban J connectivity index is 2.31. The molecule has 0 amide bonds. The molecule has 0 aliphatic carbocycles. The number of aryl methyl sites for hydroxylation is 1. The standard InChI is InChI=1S/C17H15NO2/c1-3-16(19)14-5-4-6-15(10-14)20-17-9-13(11-18)8-7-12(17)2/h4-10H,3H2,1-2H3. The molecule has 0 aromatic heterocycles. The van der Waals surface area contributed by atoms with Crippen LogP contribution in [0.1, 0.15) is 34.8 Å². The van der Waals surface area contributed by atoms with Crippen LogP contribution < -0.4 is 4.74 Å². The molecule has 3 heteroatoms. The first-order chi connectivity index (χ1) is 9.63. The highest BCUT2D eigenvalue weighted by molar-refractivity contribution is 5.96. The predicted octanol–water partition coefficient (Wildman–Crippen LogP) is 4.25. The number of carbonyl (C=O) groups is 1. The Morgan fingerprint density at radius 3 is 2.75 bits per heavy atom. The molecule has 0 atom stereocenters. The summed E-state index contributed by atoms with van der Waals surface area (Å²) in [6.07, 6.45) is 0.465. The molecule has 0 spiro atoms. The lowest BCUT2D eigenvalue weighted by Crippen LogP contribution is -1.97. The smallest absolute Gasteiger partial charge is 0.162 e. The van der Waals surface area contributed by atoms with Crippen LogP contribution in [0.4, 0.5) is 0 Å². The fraction of sp³-hybridized carbons (Fsp3) is 0.176. The highest BCUT2D eigenvalue weighted by Crippen LogP contribution is 2.26. The van der Waals surface area contributed by atoms with Gasteiger partial charge in [-0.3, -0.25) is 4.79 Å². The van der Waals surface area contributed by atoms with Crippen molar-refractivity contribution >= 4 is 5.78 Å². The Morgan fingerprint density at radius 1 is 1.25 bits per heavy atom. The number of ketones is 1. The van der Waals surface area contributed by atoms with Gasteiger partial charge in [0.15, 0.2) is 5.78 Å². The fourth-order valence-electron chi connectivity index (χ4n) is 1.84. The molecular weight excluding hydrogens is 250 g/mol. The van der Waals surface area contributed by atoms with Crippen molar-refractivity contribution in [2.24, 2.45) is 0 Å². The molecule has 2 aromatic carbocycles. The third kappa shape index (κ3) is 3.04. The van der Waals surface area contributed by atoms with Crippen molar-refractivity contribution in [1.82, 2.24) is 0 Å². The van der Waals surface area contributed by atoms with E-state index < -0.39 is 0 Å². The topological polar surface area (TPSA) is 50.1 Å². The third-order valence-electron chi connectivity index (χ3n) is 3.02. The van der Waals surface area contributed by atoms with Crippen molar-refractivity contribution in [2.45, 2.75) is 20.3 Å². The Hall–Kier alpha value is -2.60. The Bertz CT molecular complexity index is 684. The molecular formula is C17H15NO2. The zero-order valence-electron chi connectivity index (χ0n) is 11.5. The van der Waals surface area contributed by atoms with Gasteiger partial charge in [0.2, 0.25) is 0 Å². The van der Waals surface area contributed by atoms with E-state index in [4.69, 9.17) is 10.00 Å². The van der Waals surface area contributed by atoms with E-state index in [2.05, 4.69) is 6.07 Å². The van der Waals surface area contributed by atoms with Gasteiger partial charge in [-0.25, -0.2) is 0 Å². The van der Waals surface area contributed by atoms with E-state index in [0.717, 1.165) is 5.56 Å². The minimum Gasteiger partial charge on any atom is -0.457 e. The SMILES string of the molecule is CCC(=O)c1cccc(Oc2cc(C#N)ccc2C)c1. The Kier molecular flexibility index (Phi) is 4.17. The van der Waals surface area contributed by atoms with Crippen molar-refractivity contribution < 1.29 is 9.53 Å². The van der Waals surface area contributed by atoms with Crippen molar-refractivity contribution in [3.8, 4) is 17.6 Å². The van der Waals surface area contributed by atoms with Crippen LogP contribution in [0, 0.1) is 18.3 Å². The van der Waals surface area contributed by atoms with Gasteiger partial charge in [0.05, 0.1) is 11.6 Å². The first-order valence-corrected chi connectivity index (χ1v) is 6.46. The molecule has 0 heterocycles. The van der Waals surface area contributed by atoms with Crippen LogP contribution in [0.2, 0.25) is 0 Å². The second-order valence-corrected chi connectivity index (χ2v) is 4.50. The van der Waals surface area contributed by atoms with Crippen LogP contribution in [-0.4, -0.2) is 5.78 Å². The lowest BCUT2D eigenvalue weighted by atomic mass is 10.1. The summed E-state index contributed by atoms with van der Waals surface area (Å²) in [6, 6.07) is 14.5. The second-order valence-electron chi connectivity index (χ2n) is 4.50. The highest BCUT2D eigenvalue weighted by atomic mass is 16.5. The Morgan fingerprint density at radius 2 is 2.05 bits per heavy atom. The number of rotatable bonds is 4. The maximum absolute atomic E-state index is 11.7. The van der Waals surface area contributed by atoms with Crippen molar-refractivity contribution in [3.63, 3.8) is 0 Å². The molecule has 0 saturated heterocycles. The molecule has 0 saturated carbocycles. The van der Waals surface area contributed by atoms with Crippen LogP contribution >= 0.6 is 0 Å². The summed E-state index contributed by atoms with van der Waals surface area (Å²) in [5, 5.41) is 8.92. The molecule has 0 fully saturated rings. The first-order valence-electron chi connectivity index (χ1n) is 6.46. The van der Waals surface area contributed by atoms with E-state index in [-0.39, 0.29) is 5.78 Å². The minimum atomic E-state index is 0.0814. The van der Waals surface area contributed by atoms with Gasteiger partial charge in [-0.2, -0.15) is 5.26 Å². The largest absolute Gasteiger partial charge is 0.457 e. The quantitative estimate of drug-likeness (QED) is 0.776. The van der Waals surface area contributed by atoms with Gasteiger partial charge in [-0.1, -0.05) is 25.1 Å². The monoisotopic (exact) mass is 265 g/mol. The second kappa shape index (κ2) is 6.03. The summed E-state index contributed by atoms with van der Waals surface area (Å²) in [6.45, 7) is 3.74. The zero-order valence-corrected chi connectivity index (χ0v) is 11.5. The number of benzene rings is 2. The van der Waals surface area contributed by atoms with Crippen LogP contribution in [0.5, 0.6) is 11.5 Å². The molecule has 2 aromatic rings. The van der Waals surface area contributed by atoms with E-state index in [9.17, 15) is 4.79 Å². The van der Waals surface area contributed by atoms with Gasteiger partial charge in [0.25, 0.3) is 0 Å². The number of ether oxygens (including phenoxy) is 1. The van der Waals surface area contributed by atoms with E-state index in [0.29, 0.717) is 29.0 Å². The maximum Gasteiger partial charge on any atom is 0.162 e. The molecule has 100 valence electrons. The van der Waals surface area contributed by atoms with E-state index in [1.807, 2.05) is 19.9 Å². The number of nitriles is 1. The van der Waals surface area contributed by atoms with Gasteiger partial charge in [0.1, 0.15) is 11.5 Å². The summed E-state index contributed by atoms with van der Waals surface area (Å²) in [7, 11) is 0. The molecule has 3 nitrogen and oxygen atoms in total. The lowest BCUT2D eigenvalue weighted by Gasteiger charge is -2.10. The van der Waals surface area contributed by atoms with Gasteiger partial charge in [-0.15, -0.1) is 0 Å². The van der Waals surface area contributed by atoms with Crippen LogP contribution in [0.25, 0.3) is 0 Å². The van der Waals surface area contributed by atoms with Crippen LogP contribution in [-0.2, 0) is 0 Å². The number of hydrogen-bond acceptors (Lipinski definition) is 3. The molecule has 0 radical (unpaired) electrons. The number of carbonyl (C=O) groups excluding carboxylic acids is 1. The van der Waals surface area contributed by atoms with Crippen molar-refractivity contribution in [3.05, 3.63) is 59.2 Å². The number of Topliss-reactive ketones (excluding diaryl/α,β-unsaturated/α-hetero) is 1. The summed E-state index contributed by atoms with van der Waals surface area (Å²) in [5.74, 6) is 1.31. The molecule has 0 bridgehead atoms. The molecule has 0 N–H and O–H groups in total.